The summed E-state index contributed by atoms with van der Waals surface area (Å²) in [6.45, 7) is 5.14. The molecule has 1 aliphatic heterocycles. The van der Waals surface area contributed by atoms with Crippen LogP contribution in [0.15, 0.2) is 0 Å². The highest BCUT2D eigenvalue weighted by Crippen LogP contribution is 2.62. The van der Waals surface area contributed by atoms with Crippen molar-refractivity contribution in [3.63, 3.8) is 0 Å². The molecule has 0 radical (unpaired) electrons. The summed E-state index contributed by atoms with van der Waals surface area (Å²) in [6.07, 6.45) is 11.2. The molecule has 1 N–H and O–H groups in total. The molecule has 0 aromatic rings. The second-order valence-corrected chi connectivity index (χ2v) is 8.44. The zero-order chi connectivity index (χ0) is 14.6. The molecular formula is C18H30N2O. The van der Waals surface area contributed by atoms with Gasteiger partial charge in [-0.3, -0.25) is 10.1 Å². The van der Waals surface area contributed by atoms with Crippen molar-refractivity contribution >= 4 is 5.91 Å². The van der Waals surface area contributed by atoms with Crippen LogP contribution in [0.2, 0.25) is 0 Å². The van der Waals surface area contributed by atoms with E-state index in [1.54, 1.807) is 0 Å². The standard InChI is InChI=1S/C18H30N2O/c1-3-4-16-19-11-17(21)20(16)12(2)18-8-13-5-14(9-18)7-15(6-13)10-18/h12-16,19H,3-11H2,1-2H3. The van der Waals surface area contributed by atoms with Crippen molar-refractivity contribution in [1.82, 2.24) is 10.2 Å². The van der Waals surface area contributed by atoms with E-state index in [0.29, 0.717) is 30.1 Å². The summed E-state index contributed by atoms with van der Waals surface area (Å²) in [5, 5.41) is 3.45. The minimum Gasteiger partial charge on any atom is -0.323 e. The average Bonchev–Trinajstić information content (AvgIpc) is 2.78. The maximum absolute atomic E-state index is 12.5. The molecule has 118 valence electrons. The fourth-order valence-electron chi connectivity index (χ4n) is 6.55. The Hall–Kier alpha value is -0.570. The number of hydrogen-bond donors (Lipinski definition) is 1. The lowest BCUT2D eigenvalue weighted by Gasteiger charge is -2.60. The molecule has 0 aromatic heterocycles. The van der Waals surface area contributed by atoms with Crippen LogP contribution in [0.3, 0.4) is 0 Å². The second kappa shape index (κ2) is 4.97. The highest BCUT2D eigenvalue weighted by Gasteiger charge is 2.55. The summed E-state index contributed by atoms with van der Waals surface area (Å²) in [6, 6.07) is 0.435. The van der Waals surface area contributed by atoms with Gasteiger partial charge >= 0.3 is 0 Å². The third kappa shape index (κ3) is 2.15. The molecule has 2 atom stereocenters. The van der Waals surface area contributed by atoms with E-state index in [1.165, 1.54) is 38.5 Å². The third-order valence-electron chi connectivity index (χ3n) is 7.06. The quantitative estimate of drug-likeness (QED) is 0.862. The molecule has 0 spiro atoms. The molecule has 5 rings (SSSR count). The van der Waals surface area contributed by atoms with Gasteiger partial charge in [-0.15, -0.1) is 0 Å². The van der Waals surface area contributed by atoms with Crippen LogP contribution in [0, 0.1) is 23.2 Å². The van der Waals surface area contributed by atoms with Gasteiger partial charge in [0.15, 0.2) is 0 Å². The lowest BCUT2D eigenvalue weighted by molar-refractivity contribution is -0.142. The minimum atomic E-state index is 0.297. The molecule has 1 amide bonds. The predicted molar refractivity (Wildman–Crippen MR) is 83.6 cm³/mol. The van der Waals surface area contributed by atoms with Gasteiger partial charge in [-0.2, -0.15) is 0 Å². The first-order chi connectivity index (χ1) is 10.1. The Bertz CT molecular complexity index is 398. The van der Waals surface area contributed by atoms with Crippen molar-refractivity contribution in [3.8, 4) is 0 Å². The normalized spacial score (nSPS) is 46.4. The monoisotopic (exact) mass is 290 g/mol. The number of hydrogen-bond acceptors (Lipinski definition) is 2. The Morgan fingerprint density at radius 1 is 1.19 bits per heavy atom. The topological polar surface area (TPSA) is 32.3 Å². The maximum atomic E-state index is 12.5. The molecule has 4 saturated carbocycles. The van der Waals surface area contributed by atoms with Crippen molar-refractivity contribution in [2.75, 3.05) is 6.54 Å². The van der Waals surface area contributed by atoms with E-state index >= 15 is 0 Å². The van der Waals surface area contributed by atoms with Crippen molar-refractivity contribution < 1.29 is 4.79 Å². The van der Waals surface area contributed by atoms with Crippen LogP contribution in [0.1, 0.15) is 65.2 Å². The van der Waals surface area contributed by atoms with Crippen molar-refractivity contribution in [2.45, 2.75) is 77.4 Å². The van der Waals surface area contributed by atoms with E-state index in [4.69, 9.17) is 0 Å². The van der Waals surface area contributed by atoms with Crippen LogP contribution in [-0.4, -0.2) is 29.6 Å². The second-order valence-electron chi connectivity index (χ2n) is 8.44. The molecule has 5 fully saturated rings. The summed E-state index contributed by atoms with van der Waals surface area (Å²) in [7, 11) is 0. The summed E-state index contributed by atoms with van der Waals surface area (Å²) < 4.78 is 0. The zero-order valence-corrected chi connectivity index (χ0v) is 13.6. The first kappa shape index (κ1) is 14.0. The van der Waals surface area contributed by atoms with Gasteiger partial charge in [-0.05, 0) is 75.0 Å². The number of nitrogens with one attached hydrogen (secondary N) is 1. The zero-order valence-electron chi connectivity index (χ0n) is 13.6. The fraction of sp³-hybridized carbons (Fsp3) is 0.944. The number of amides is 1. The van der Waals surface area contributed by atoms with E-state index < -0.39 is 0 Å². The highest BCUT2D eigenvalue weighted by molar-refractivity contribution is 5.81. The van der Waals surface area contributed by atoms with Gasteiger partial charge in [0.05, 0.1) is 12.7 Å². The van der Waals surface area contributed by atoms with Crippen molar-refractivity contribution in [3.05, 3.63) is 0 Å². The van der Waals surface area contributed by atoms with E-state index in [0.717, 1.165) is 30.6 Å². The fourth-order valence-corrected chi connectivity index (χ4v) is 6.55. The lowest BCUT2D eigenvalue weighted by Crippen LogP contribution is -2.58. The highest BCUT2D eigenvalue weighted by atomic mass is 16.2. The first-order valence-corrected chi connectivity index (χ1v) is 9.16. The van der Waals surface area contributed by atoms with Gasteiger partial charge in [0.25, 0.3) is 0 Å². The molecule has 4 aliphatic carbocycles. The predicted octanol–water partition coefficient (Wildman–Crippen LogP) is 3.15. The smallest absolute Gasteiger partial charge is 0.238 e. The Morgan fingerprint density at radius 2 is 1.76 bits per heavy atom. The Balaban J connectivity index is 1.58. The molecular weight excluding hydrogens is 260 g/mol. The van der Waals surface area contributed by atoms with Gasteiger partial charge in [-0.25, -0.2) is 0 Å². The number of carbonyl (C=O) groups excluding carboxylic acids is 1. The molecule has 21 heavy (non-hydrogen) atoms. The number of nitrogens with zero attached hydrogens (tertiary/aromatic N) is 1. The molecule has 4 bridgehead atoms. The average molecular weight is 290 g/mol. The maximum Gasteiger partial charge on any atom is 0.238 e. The summed E-state index contributed by atoms with van der Waals surface area (Å²) in [5.41, 5.74) is 0.447. The van der Waals surface area contributed by atoms with Gasteiger partial charge in [0.1, 0.15) is 0 Å². The Labute approximate surface area is 128 Å². The van der Waals surface area contributed by atoms with Crippen molar-refractivity contribution in [1.29, 1.82) is 0 Å². The van der Waals surface area contributed by atoms with Crippen LogP contribution >= 0.6 is 0 Å². The van der Waals surface area contributed by atoms with Gasteiger partial charge < -0.3 is 4.90 Å². The first-order valence-electron chi connectivity index (χ1n) is 9.16. The largest absolute Gasteiger partial charge is 0.323 e. The minimum absolute atomic E-state index is 0.297. The van der Waals surface area contributed by atoms with Gasteiger partial charge in [0.2, 0.25) is 5.91 Å². The van der Waals surface area contributed by atoms with Gasteiger partial charge in [-0.1, -0.05) is 13.3 Å². The Morgan fingerprint density at radius 3 is 2.29 bits per heavy atom. The summed E-state index contributed by atoms with van der Waals surface area (Å²) >= 11 is 0. The van der Waals surface area contributed by atoms with Crippen molar-refractivity contribution in [2.24, 2.45) is 23.2 Å². The summed E-state index contributed by atoms with van der Waals surface area (Å²) in [5.74, 6) is 3.24. The van der Waals surface area contributed by atoms with Gasteiger partial charge in [0, 0.05) is 6.04 Å². The Kier molecular flexibility index (Phi) is 3.33. The van der Waals surface area contributed by atoms with E-state index in [9.17, 15) is 4.79 Å². The molecule has 1 heterocycles. The number of rotatable bonds is 4. The molecule has 3 nitrogen and oxygen atoms in total. The lowest BCUT2D eigenvalue weighted by atomic mass is 9.47. The van der Waals surface area contributed by atoms with E-state index in [2.05, 4.69) is 24.1 Å². The molecule has 2 unspecified atom stereocenters. The SMILES string of the molecule is CCCC1NCC(=O)N1C(C)C12CC3CC(CC(C3)C1)C2. The molecule has 3 heteroatoms. The molecule has 0 aromatic carbocycles. The van der Waals surface area contributed by atoms with Crippen LogP contribution < -0.4 is 5.32 Å². The number of carbonyl (C=O) groups is 1. The molecule has 1 saturated heterocycles. The van der Waals surface area contributed by atoms with E-state index in [1.807, 2.05) is 0 Å². The third-order valence-corrected chi connectivity index (χ3v) is 7.06. The van der Waals surface area contributed by atoms with Crippen LogP contribution in [-0.2, 0) is 4.79 Å². The molecule has 5 aliphatic rings. The van der Waals surface area contributed by atoms with Crippen LogP contribution in [0.25, 0.3) is 0 Å². The van der Waals surface area contributed by atoms with Crippen LogP contribution in [0.4, 0.5) is 0 Å². The van der Waals surface area contributed by atoms with E-state index in [-0.39, 0.29) is 0 Å². The summed E-state index contributed by atoms with van der Waals surface area (Å²) in [4.78, 5) is 14.7. The van der Waals surface area contributed by atoms with Crippen LogP contribution in [0.5, 0.6) is 0 Å².